The summed E-state index contributed by atoms with van der Waals surface area (Å²) in [5.74, 6) is -1.52. The Labute approximate surface area is 252 Å². The number of hydrogen-bond acceptors (Lipinski definition) is 4. The number of carbonyl (C=O) groups excluding carboxylic acids is 2. The van der Waals surface area contributed by atoms with Crippen LogP contribution in [-0.4, -0.2) is 43.8 Å². The Morgan fingerprint density at radius 2 is 1.67 bits per heavy atom. The molecular formula is C32H37ClFN3O4S. The first-order valence-corrected chi connectivity index (χ1v) is 16.0. The van der Waals surface area contributed by atoms with Crippen LogP contribution in [0.25, 0.3) is 0 Å². The van der Waals surface area contributed by atoms with Crippen molar-refractivity contribution in [3.8, 4) is 0 Å². The van der Waals surface area contributed by atoms with Gasteiger partial charge in [-0.15, -0.1) is 0 Å². The topological polar surface area (TPSA) is 86.8 Å². The monoisotopic (exact) mass is 613 g/mol. The van der Waals surface area contributed by atoms with E-state index in [1.807, 2.05) is 6.92 Å². The van der Waals surface area contributed by atoms with Crippen LogP contribution in [0.15, 0.2) is 71.6 Å². The van der Waals surface area contributed by atoms with Crippen LogP contribution in [-0.2, 0) is 26.2 Å². The van der Waals surface area contributed by atoms with Crippen molar-refractivity contribution in [2.45, 2.75) is 76.4 Å². The smallest absolute Gasteiger partial charge is 0.264 e. The molecule has 4 rings (SSSR count). The zero-order chi connectivity index (χ0) is 30.4. The Hall–Kier alpha value is -3.43. The molecule has 2 amide bonds. The van der Waals surface area contributed by atoms with E-state index in [1.165, 1.54) is 23.1 Å². The summed E-state index contributed by atoms with van der Waals surface area (Å²) in [4.78, 5) is 28.7. The molecular weight excluding hydrogens is 577 g/mol. The number of aryl methyl sites for hydroxylation is 2. The molecule has 0 saturated heterocycles. The SMILES string of the molecule is Cc1ccc(S(=O)(=O)N(CC(=O)N(Cc2ccccc2F)[C@H](C)C(=O)NC2CCCCC2)c2ccc(Cl)cc2C)cc1. The fraction of sp³-hybridized carbons (Fsp3) is 0.375. The van der Waals surface area contributed by atoms with Crippen LogP contribution in [0.1, 0.15) is 55.7 Å². The number of amides is 2. The number of nitrogens with zero attached hydrogens (tertiary/aromatic N) is 2. The second-order valence-electron chi connectivity index (χ2n) is 10.9. The molecule has 3 aromatic rings. The largest absolute Gasteiger partial charge is 0.352 e. The molecule has 10 heteroatoms. The van der Waals surface area contributed by atoms with E-state index in [2.05, 4.69) is 5.32 Å². The molecule has 7 nitrogen and oxygen atoms in total. The maximum Gasteiger partial charge on any atom is 0.264 e. The summed E-state index contributed by atoms with van der Waals surface area (Å²) >= 11 is 6.16. The average Bonchev–Trinajstić information content (AvgIpc) is 2.96. The fourth-order valence-corrected chi connectivity index (χ4v) is 6.92. The lowest BCUT2D eigenvalue weighted by Gasteiger charge is -2.33. The minimum absolute atomic E-state index is 0.00856. The van der Waals surface area contributed by atoms with E-state index < -0.39 is 34.3 Å². The van der Waals surface area contributed by atoms with Crippen LogP contribution in [0, 0.1) is 19.7 Å². The predicted molar refractivity (Wildman–Crippen MR) is 163 cm³/mol. The molecule has 0 aromatic heterocycles. The van der Waals surface area contributed by atoms with Crippen molar-refractivity contribution >= 4 is 39.1 Å². The number of rotatable bonds is 10. The Bertz CT molecular complexity index is 1520. The lowest BCUT2D eigenvalue weighted by atomic mass is 9.95. The summed E-state index contributed by atoms with van der Waals surface area (Å²) in [5, 5.41) is 3.46. The van der Waals surface area contributed by atoms with Gasteiger partial charge in [0.25, 0.3) is 10.0 Å². The van der Waals surface area contributed by atoms with Crippen molar-refractivity contribution in [2.24, 2.45) is 0 Å². The molecule has 1 aliphatic carbocycles. The fourth-order valence-electron chi connectivity index (χ4n) is 5.21. The van der Waals surface area contributed by atoms with Crippen molar-refractivity contribution < 1.29 is 22.4 Å². The van der Waals surface area contributed by atoms with E-state index in [0.717, 1.165) is 42.0 Å². The highest BCUT2D eigenvalue weighted by Crippen LogP contribution is 2.30. The summed E-state index contributed by atoms with van der Waals surface area (Å²) in [6.45, 7) is 4.34. The second-order valence-corrected chi connectivity index (χ2v) is 13.2. The molecule has 0 heterocycles. The highest BCUT2D eigenvalue weighted by molar-refractivity contribution is 7.92. The number of halogens is 2. The van der Waals surface area contributed by atoms with E-state index in [-0.39, 0.29) is 34.6 Å². The lowest BCUT2D eigenvalue weighted by Crippen LogP contribution is -2.53. The van der Waals surface area contributed by atoms with Gasteiger partial charge in [-0.2, -0.15) is 0 Å². The molecule has 0 aliphatic heterocycles. The van der Waals surface area contributed by atoms with E-state index >= 15 is 0 Å². The third-order valence-corrected chi connectivity index (χ3v) is 9.74. The van der Waals surface area contributed by atoms with Gasteiger partial charge in [0.15, 0.2) is 0 Å². The molecule has 0 unspecified atom stereocenters. The highest BCUT2D eigenvalue weighted by Gasteiger charge is 2.34. The quantitative estimate of drug-likeness (QED) is 0.297. The van der Waals surface area contributed by atoms with Crippen molar-refractivity contribution in [1.29, 1.82) is 0 Å². The Balaban J connectivity index is 1.71. The molecule has 1 fully saturated rings. The van der Waals surface area contributed by atoms with Crippen LogP contribution < -0.4 is 9.62 Å². The third-order valence-electron chi connectivity index (χ3n) is 7.73. The van der Waals surface area contributed by atoms with Gasteiger partial charge < -0.3 is 10.2 Å². The van der Waals surface area contributed by atoms with Gasteiger partial charge in [0, 0.05) is 23.2 Å². The summed E-state index contributed by atoms with van der Waals surface area (Å²) in [6.07, 6.45) is 4.87. The number of carbonyl (C=O) groups is 2. The minimum atomic E-state index is -4.22. The zero-order valence-corrected chi connectivity index (χ0v) is 25.7. The first-order chi connectivity index (χ1) is 20.0. The van der Waals surface area contributed by atoms with Gasteiger partial charge in [-0.25, -0.2) is 12.8 Å². The number of benzene rings is 3. The van der Waals surface area contributed by atoms with Gasteiger partial charge >= 0.3 is 0 Å². The Morgan fingerprint density at radius 1 is 1.00 bits per heavy atom. The van der Waals surface area contributed by atoms with Crippen molar-refractivity contribution in [2.75, 3.05) is 10.8 Å². The molecule has 224 valence electrons. The summed E-state index contributed by atoms with van der Waals surface area (Å²) in [5.41, 5.74) is 1.93. The normalized spacial score (nSPS) is 14.7. The minimum Gasteiger partial charge on any atom is -0.352 e. The van der Waals surface area contributed by atoms with Crippen LogP contribution in [0.5, 0.6) is 0 Å². The maximum absolute atomic E-state index is 14.8. The van der Waals surface area contributed by atoms with Gasteiger partial charge in [0.1, 0.15) is 18.4 Å². The van der Waals surface area contributed by atoms with Crippen LogP contribution in [0.2, 0.25) is 5.02 Å². The van der Waals surface area contributed by atoms with Crippen molar-refractivity contribution in [3.63, 3.8) is 0 Å². The van der Waals surface area contributed by atoms with Gasteiger partial charge in [0.05, 0.1) is 10.6 Å². The number of sulfonamides is 1. The van der Waals surface area contributed by atoms with E-state index in [9.17, 15) is 22.4 Å². The maximum atomic E-state index is 14.8. The molecule has 0 spiro atoms. The molecule has 1 atom stereocenters. The summed E-state index contributed by atoms with van der Waals surface area (Å²) in [6, 6.07) is 16.1. The van der Waals surface area contributed by atoms with Crippen LogP contribution in [0.4, 0.5) is 10.1 Å². The predicted octanol–water partition coefficient (Wildman–Crippen LogP) is 6.16. The molecule has 3 aromatic carbocycles. The first kappa shape index (κ1) is 31.5. The molecule has 0 radical (unpaired) electrons. The second kappa shape index (κ2) is 13.7. The Morgan fingerprint density at radius 3 is 2.31 bits per heavy atom. The molecule has 1 saturated carbocycles. The van der Waals surface area contributed by atoms with E-state index in [1.54, 1.807) is 62.4 Å². The number of nitrogens with one attached hydrogen (secondary N) is 1. The number of hydrogen-bond donors (Lipinski definition) is 1. The molecule has 0 bridgehead atoms. The third kappa shape index (κ3) is 7.50. The van der Waals surface area contributed by atoms with Crippen LogP contribution in [0.3, 0.4) is 0 Å². The van der Waals surface area contributed by atoms with E-state index in [4.69, 9.17) is 11.6 Å². The van der Waals surface area contributed by atoms with Gasteiger partial charge in [-0.05, 0) is 75.6 Å². The number of anilines is 1. The average molecular weight is 614 g/mol. The van der Waals surface area contributed by atoms with Crippen LogP contribution >= 0.6 is 11.6 Å². The first-order valence-electron chi connectivity index (χ1n) is 14.2. The van der Waals surface area contributed by atoms with Crippen molar-refractivity contribution in [1.82, 2.24) is 10.2 Å². The van der Waals surface area contributed by atoms with Crippen molar-refractivity contribution in [3.05, 3.63) is 94.3 Å². The van der Waals surface area contributed by atoms with Gasteiger partial charge in [-0.3, -0.25) is 13.9 Å². The standard InChI is InChI=1S/C32H37ClFN3O4S/c1-22-13-16-28(17-14-22)42(40,41)37(30-18-15-26(33)19-23(30)2)21-31(38)36(20-25-9-7-8-12-29(25)34)24(3)32(39)35-27-10-5-4-6-11-27/h7-9,12-19,24,27H,4-6,10-11,20-21H2,1-3H3,(H,35,39)/t24-/m1/s1. The molecule has 1 aliphatic rings. The van der Waals surface area contributed by atoms with Gasteiger partial charge in [-0.1, -0.05) is 66.8 Å². The zero-order valence-electron chi connectivity index (χ0n) is 24.1. The highest BCUT2D eigenvalue weighted by atomic mass is 35.5. The molecule has 1 N–H and O–H groups in total. The summed E-state index contributed by atoms with van der Waals surface area (Å²) in [7, 11) is -4.22. The van der Waals surface area contributed by atoms with Gasteiger partial charge in [0.2, 0.25) is 11.8 Å². The summed E-state index contributed by atoms with van der Waals surface area (Å²) < 4.78 is 43.8. The lowest BCUT2D eigenvalue weighted by molar-refractivity contribution is -0.139. The Kier molecular flexibility index (Phi) is 10.3. The molecule has 42 heavy (non-hydrogen) atoms. The van der Waals surface area contributed by atoms with E-state index in [0.29, 0.717) is 10.6 Å².